The van der Waals surface area contributed by atoms with Gasteiger partial charge in [-0.05, 0) is 25.1 Å². The summed E-state index contributed by atoms with van der Waals surface area (Å²) in [5.74, 6) is -0.990. The van der Waals surface area contributed by atoms with Gasteiger partial charge < -0.3 is 19.5 Å². The van der Waals surface area contributed by atoms with E-state index in [4.69, 9.17) is 26.2 Å². The number of morpholine rings is 1. The van der Waals surface area contributed by atoms with Gasteiger partial charge in [0.1, 0.15) is 5.75 Å². The van der Waals surface area contributed by atoms with Crippen molar-refractivity contribution in [3.63, 3.8) is 0 Å². The lowest BCUT2D eigenvalue weighted by molar-refractivity contribution is -0.167. The van der Waals surface area contributed by atoms with Crippen LogP contribution in [0.5, 0.6) is 5.75 Å². The van der Waals surface area contributed by atoms with Crippen molar-refractivity contribution in [2.45, 2.75) is 19.1 Å². The van der Waals surface area contributed by atoms with E-state index in [9.17, 15) is 9.59 Å². The average Bonchev–Trinajstić information content (AvgIpc) is 2.45. The average molecular weight is 393 g/mol. The van der Waals surface area contributed by atoms with Gasteiger partial charge in [0.25, 0.3) is 5.91 Å². The summed E-state index contributed by atoms with van der Waals surface area (Å²) in [4.78, 5) is 24.6. The first kappa shape index (κ1) is 17.1. The number of carboxylic acid groups (broad SMARTS) is 1. The van der Waals surface area contributed by atoms with Crippen molar-refractivity contribution in [2.24, 2.45) is 0 Å². The number of benzene rings is 1. The largest absolute Gasteiger partial charge is 0.482 e. The highest BCUT2D eigenvalue weighted by Crippen LogP contribution is 2.27. The third kappa shape index (κ3) is 4.34. The Morgan fingerprint density at radius 2 is 2.23 bits per heavy atom. The Morgan fingerprint density at radius 3 is 2.86 bits per heavy atom. The first-order chi connectivity index (χ1) is 10.4. The fraction of sp³-hybridized carbons (Fsp3) is 0.429. The smallest absolute Gasteiger partial charge is 0.334 e. The van der Waals surface area contributed by atoms with Gasteiger partial charge in [-0.2, -0.15) is 0 Å². The minimum absolute atomic E-state index is 0.00986. The van der Waals surface area contributed by atoms with Crippen LogP contribution in [0.3, 0.4) is 0 Å². The number of carboxylic acids is 1. The Kier molecular flexibility index (Phi) is 5.66. The number of carbonyl (C=O) groups is 2. The molecule has 1 unspecified atom stereocenters. The lowest BCUT2D eigenvalue weighted by atomic mass is 10.2. The van der Waals surface area contributed by atoms with Gasteiger partial charge in [-0.1, -0.05) is 27.5 Å². The van der Waals surface area contributed by atoms with Crippen LogP contribution in [-0.4, -0.2) is 53.8 Å². The van der Waals surface area contributed by atoms with E-state index in [1.807, 2.05) is 0 Å². The molecule has 120 valence electrons. The molecule has 0 spiro atoms. The number of ether oxygens (including phenoxy) is 2. The molecule has 1 aliphatic heterocycles. The van der Waals surface area contributed by atoms with Crippen molar-refractivity contribution in [3.05, 3.63) is 27.7 Å². The zero-order valence-corrected chi connectivity index (χ0v) is 14.1. The van der Waals surface area contributed by atoms with Crippen LogP contribution in [0.4, 0.5) is 0 Å². The summed E-state index contributed by atoms with van der Waals surface area (Å²) in [6.07, 6.45) is -1.35. The fourth-order valence-corrected chi connectivity index (χ4v) is 2.84. The second-order valence-corrected chi connectivity index (χ2v) is 6.26. The maximum Gasteiger partial charge on any atom is 0.334 e. The third-order valence-electron chi connectivity index (χ3n) is 3.13. The van der Waals surface area contributed by atoms with E-state index in [0.29, 0.717) is 17.3 Å². The van der Waals surface area contributed by atoms with Gasteiger partial charge in [0.05, 0.1) is 17.7 Å². The van der Waals surface area contributed by atoms with Gasteiger partial charge in [0.2, 0.25) is 0 Å². The van der Waals surface area contributed by atoms with E-state index in [0.717, 1.165) is 4.47 Å². The molecule has 2 atom stereocenters. The second kappa shape index (κ2) is 7.30. The first-order valence-corrected chi connectivity index (χ1v) is 7.78. The maximum absolute atomic E-state index is 12.2. The third-order valence-corrected chi connectivity index (χ3v) is 3.92. The summed E-state index contributed by atoms with van der Waals surface area (Å²) in [7, 11) is 0. The van der Waals surface area contributed by atoms with E-state index in [1.165, 1.54) is 4.90 Å². The summed E-state index contributed by atoms with van der Waals surface area (Å²) in [5.41, 5.74) is 0. The highest BCUT2D eigenvalue weighted by molar-refractivity contribution is 9.10. The van der Waals surface area contributed by atoms with E-state index in [-0.39, 0.29) is 25.2 Å². The molecule has 1 aliphatic rings. The normalized spacial score (nSPS) is 21.5. The van der Waals surface area contributed by atoms with Crippen LogP contribution in [0, 0.1) is 0 Å². The molecule has 0 aliphatic carbocycles. The van der Waals surface area contributed by atoms with Crippen LogP contribution in [0.1, 0.15) is 6.92 Å². The van der Waals surface area contributed by atoms with Crippen molar-refractivity contribution in [1.82, 2.24) is 4.90 Å². The van der Waals surface area contributed by atoms with Gasteiger partial charge in [-0.3, -0.25) is 4.79 Å². The van der Waals surface area contributed by atoms with Crippen molar-refractivity contribution in [2.75, 3.05) is 19.7 Å². The highest BCUT2D eigenvalue weighted by Gasteiger charge is 2.32. The van der Waals surface area contributed by atoms with Crippen LogP contribution >= 0.6 is 27.5 Å². The molecule has 0 radical (unpaired) electrons. The topological polar surface area (TPSA) is 76.1 Å². The van der Waals surface area contributed by atoms with Crippen LogP contribution < -0.4 is 4.74 Å². The van der Waals surface area contributed by atoms with Crippen LogP contribution in [-0.2, 0) is 14.3 Å². The number of rotatable bonds is 4. The predicted octanol–water partition coefficient (Wildman–Crippen LogP) is 2.18. The van der Waals surface area contributed by atoms with Crippen molar-refractivity contribution in [3.8, 4) is 5.75 Å². The Balaban J connectivity index is 1.95. The van der Waals surface area contributed by atoms with Crippen LogP contribution in [0.15, 0.2) is 22.7 Å². The molecule has 0 saturated carbocycles. The maximum atomic E-state index is 12.2. The molecule has 0 bridgehead atoms. The Labute approximate surface area is 141 Å². The molecule has 8 heteroatoms. The molecule has 1 amide bonds. The molecule has 1 saturated heterocycles. The summed E-state index contributed by atoms with van der Waals surface area (Å²) in [5, 5.41) is 9.40. The monoisotopic (exact) mass is 391 g/mol. The highest BCUT2D eigenvalue weighted by atomic mass is 79.9. The zero-order valence-electron chi connectivity index (χ0n) is 11.8. The van der Waals surface area contributed by atoms with E-state index >= 15 is 0 Å². The standard InChI is InChI=1S/C14H15BrClNO5/c1-8-5-17(6-12(22-8)14(19)20)13(18)7-21-11-3-2-9(15)4-10(11)16/h2-4,8,12H,5-7H2,1H3,(H,19,20)/t8-,12?/m1/s1. The van der Waals surface area contributed by atoms with Gasteiger partial charge in [-0.25, -0.2) is 4.79 Å². The van der Waals surface area contributed by atoms with Crippen LogP contribution in [0.2, 0.25) is 5.02 Å². The molecule has 2 rings (SSSR count). The molecule has 1 heterocycles. The molecule has 0 aromatic heterocycles. The molecule has 6 nitrogen and oxygen atoms in total. The molecule has 22 heavy (non-hydrogen) atoms. The Bertz CT molecular complexity index is 582. The van der Waals surface area contributed by atoms with Crippen molar-refractivity contribution < 1.29 is 24.2 Å². The number of carbonyl (C=O) groups excluding carboxylic acids is 1. The van der Waals surface area contributed by atoms with E-state index in [2.05, 4.69) is 15.9 Å². The van der Waals surface area contributed by atoms with Gasteiger partial charge in [0, 0.05) is 11.0 Å². The molecule has 1 N–H and O–H groups in total. The molecule has 1 aromatic carbocycles. The van der Waals surface area contributed by atoms with Crippen LogP contribution in [0.25, 0.3) is 0 Å². The lowest BCUT2D eigenvalue weighted by Gasteiger charge is -2.34. The number of amides is 1. The molecule has 1 aromatic rings. The summed E-state index contributed by atoms with van der Waals surface area (Å²) in [6, 6.07) is 5.07. The molecular formula is C14H15BrClNO5. The minimum atomic E-state index is -1.08. The van der Waals surface area contributed by atoms with Crippen molar-refractivity contribution >= 4 is 39.4 Å². The van der Waals surface area contributed by atoms with E-state index in [1.54, 1.807) is 25.1 Å². The number of hydrogen-bond acceptors (Lipinski definition) is 4. The van der Waals surface area contributed by atoms with Crippen molar-refractivity contribution in [1.29, 1.82) is 0 Å². The van der Waals surface area contributed by atoms with Gasteiger partial charge >= 0.3 is 5.97 Å². The summed E-state index contributed by atoms with van der Waals surface area (Å²) >= 11 is 9.29. The summed E-state index contributed by atoms with van der Waals surface area (Å²) < 4.78 is 11.5. The Hall–Kier alpha value is -1.31. The van der Waals surface area contributed by atoms with Gasteiger partial charge in [-0.15, -0.1) is 0 Å². The number of nitrogens with zero attached hydrogens (tertiary/aromatic N) is 1. The minimum Gasteiger partial charge on any atom is -0.482 e. The predicted molar refractivity (Wildman–Crippen MR) is 83.2 cm³/mol. The number of halogens is 2. The lowest BCUT2D eigenvalue weighted by Crippen LogP contribution is -2.52. The van der Waals surface area contributed by atoms with Gasteiger partial charge in [0.15, 0.2) is 12.7 Å². The Morgan fingerprint density at radius 1 is 1.50 bits per heavy atom. The zero-order chi connectivity index (χ0) is 16.3. The molecule has 1 fully saturated rings. The SMILES string of the molecule is C[C@@H]1CN(C(=O)COc2ccc(Br)cc2Cl)CC(C(=O)O)O1. The quantitative estimate of drug-likeness (QED) is 0.850. The fourth-order valence-electron chi connectivity index (χ4n) is 2.11. The van der Waals surface area contributed by atoms with E-state index < -0.39 is 12.1 Å². The number of hydrogen-bond donors (Lipinski definition) is 1. The molecular weight excluding hydrogens is 378 g/mol. The number of aliphatic carboxylic acids is 1. The first-order valence-electron chi connectivity index (χ1n) is 6.60. The summed E-state index contributed by atoms with van der Waals surface area (Å²) in [6.45, 7) is 1.86. The second-order valence-electron chi connectivity index (χ2n) is 4.94.